The molecule has 0 radical (unpaired) electrons. The zero-order valence-electron chi connectivity index (χ0n) is 14.3. The third kappa shape index (κ3) is 3.09. The molecule has 4 rings (SSSR count). The summed E-state index contributed by atoms with van der Waals surface area (Å²) in [6, 6.07) is 7.42. The fraction of sp³-hybridized carbons (Fsp3) is 0.368. The van der Waals surface area contributed by atoms with E-state index in [0.717, 1.165) is 5.56 Å². The van der Waals surface area contributed by atoms with Crippen LogP contribution in [0.2, 0.25) is 0 Å². The van der Waals surface area contributed by atoms with Crippen molar-refractivity contribution >= 4 is 11.7 Å². The number of hydrogen-bond acceptors (Lipinski definition) is 4. The molecule has 2 atom stereocenters. The van der Waals surface area contributed by atoms with E-state index in [-0.39, 0.29) is 18.3 Å². The SMILES string of the molecule is Cc1cc2c(nc1N1CCC(Oc3ccc(F)cc3)C(F)C1)CNC2=O. The molecule has 1 aromatic heterocycles. The van der Waals surface area contributed by atoms with Gasteiger partial charge in [0.05, 0.1) is 24.3 Å². The van der Waals surface area contributed by atoms with Crippen molar-refractivity contribution in [2.75, 3.05) is 18.0 Å². The van der Waals surface area contributed by atoms with Crippen LogP contribution in [0.5, 0.6) is 5.75 Å². The predicted molar refractivity (Wildman–Crippen MR) is 92.7 cm³/mol. The molecule has 1 aromatic carbocycles. The number of anilines is 1. The number of aromatic nitrogens is 1. The van der Waals surface area contributed by atoms with Crippen molar-refractivity contribution in [3.05, 3.63) is 53.0 Å². The normalized spacial score (nSPS) is 22.1. The number of rotatable bonds is 3. The second-order valence-electron chi connectivity index (χ2n) is 6.67. The first-order valence-electron chi connectivity index (χ1n) is 8.61. The van der Waals surface area contributed by atoms with E-state index in [0.29, 0.717) is 42.3 Å². The highest BCUT2D eigenvalue weighted by molar-refractivity contribution is 5.98. The van der Waals surface area contributed by atoms with E-state index in [9.17, 15) is 13.6 Å². The van der Waals surface area contributed by atoms with E-state index in [1.807, 2.05) is 17.9 Å². The quantitative estimate of drug-likeness (QED) is 0.916. The lowest BCUT2D eigenvalue weighted by Gasteiger charge is -2.36. The molecule has 5 nitrogen and oxygen atoms in total. The maximum absolute atomic E-state index is 14.7. The van der Waals surface area contributed by atoms with Crippen LogP contribution in [0.15, 0.2) is 30.3 Å². The molecule has 1 amide bonds. The van der Waals surface area contributed by atoms with Crippen molar-refractivity contribution in [1.29, 1.82) is 0 Å². The Labute approximate surface area is 150 Å². The van der Waals surface area contributed by atoms with Crippen LogP contribution in [0.25, 0.3) is 0 Å². The Kier molecular flexibility index (Phi) is 4.22. The number of carbonyl (C=O) groups excluding carboxylic acids is 1. The summed E-state index contributed by atoms with van der Waals surface area (Å²) in [6.07, 6.45) is -1.27. The summed E-state index contributed by atoms with van der Waals surface area (Å²) in [4.78, 5) is 18.2. The molecule has 2 unspecified atom stereocenters. The van der Waals surface area contributed by atoms with Gasteiger partial charge in [0.2, 0.25) is 0 Å². The number of nitrogens with zero attached hydrogens (tertiary/aromatic N) is 2. The van der Waals surface area contributed by atoms with Gasteiger partial charge < -0.3 is 15.0 Å². The Bertz CT molecular complexity index is 841. The second kappa shape index (κ2) is 6.55. The summed E-state index contributed by atoms with van der Waals surface area (Å²) in [6.45, 7) is 3.05. The number of amides is 1. The number of ether oxygens (including phenoxy) is 1. The van der Waals surface area contributed by atoms with Crippen molar-refractivity contribution in [2.24, 2.45) is 0 Å². The van der Waals surface area contributed by atoms with Gasteiger partial charge in [-0.1, -0.05) is 0 Å². The molecule has 1 saturated heterocycles. The van der Waals surface area contributed by atoms with Gasteiger partial charge in [0.1, 0.15) is 23.5 Å². The first-order valence-corrected chi connectivity index (χ1v) is 8.61. The topological polar surface area (TPSA) is 54.5 Å². The van der Waals surface area contributed by atoms with Crippen LogP contribution in [0, 0.1) is 12.7 Å². The summed E-state index contributed by atoms with van der Waals surface area (Å²) in [5.41, 5.74) is 2.15. The number of carbonyl (C=O) groups is 1. The smallest absolute Gasteiger partial charge is 0.253 e. The van der Waals surface area contributed by atoms with Gasteiger partial charge in [-0.25, -0.2) is 13.8 Å². The molecule has 26 heavy (non-hydrogen) atoms. The van der Waals surface area contributed by atoms with Gasteiger partial charge in [0.25, 0.3) is 5.91 Å². The van der Waals surface area contributed by atoms with Crippen molar-refractivity contribution in [3.8, 4) is 5.75 Å². The van der Waals surface area contributed by atoms with Gasteiger partial charge >= 0.3 is 0 Å². The van der Waals surface area contributed by atoms with E-state index >= 15 is 0 Å². The number of aryl methyl sites for hydroxylation is 1. The Morgan fingerprint density at radius 1 is 1.31 bits per heavy atom. The zero-order chi connectivity index (χ0) is 18.3. The van der Waals surface area contributed by atoms with Crippen molar-refractivity contribution in [2.45, 2.75) is 32.2 Å². The minimum atomic E-state index is -1.19. The van der Waals surface area contributed by atoms with Crippen molar-refractivity contribution in [1.82, 2.24) is 10.3 Å². The first-order chi connectivity index (χ1) is 12.5. The second-order valence-corrected chi connectivity index (χ2v) is 6.67. The van der Waals surface area contributed by atoms with Gasteiger partial charge in [-0.15, -0.1) is 0 Å². The largest absolute Gasteiger partial charge is 0.487 e. The van der Waals surface area contributed by atoms with E-state index in [4.69, 9.17) is 4.74 Å². The average molecular weight is 359 g/mol. The Morgan fingerprint density at radius 3 is 2.81 bits per heavy atom. The van der Waals surface area contributed by atoms with Gasteiger partial charge in [-0.2, -0.15) is 0 Å². The van der Waals surface area contributed by atoms with Crippen molar-refractivity contribution < 1.29 is 18.3 Å². The third-order valence-corrected chi connectivity index (χ3v) is 4.81. The molecule has 2 aliphatic heterocycles. The molecule has 1 N–H and O–H groups in total. The van der Waals surface area contributed by atoms with Crippen LogP contribution in [-0.2, 0) is 6.54 Å². The van der Waals surface area contributed by atoms with E-state index in [1.54, 1.807) is 0 Å². The number of piperidine rings is 1. The molecule has 0 bridgehead atoms. The van der Waals surface area contributed by atoms with E-state index in [2.05, 4.69) is 10.3 Å². The molecule has 0 spiro atoms. The summed E-state index contributed by atoms with van der Waals surface area (Å²) < 4.78 is 33.3. The van der Waals surface area contributed by atoms with Crippen molar-refractivity contribution in [3.63, 3.8) is 0 Å². The molecule has 1 fully saturated rings. The average Bonchev–Trinajstić information content (AvgIpc) is 2.98. The van der Waals surface area contributed by atoms with Gasteiger partial charge in [-0.3, -0.25) is 4.79 Å². The number of hydrogen-bond donors (Lipinski definition) is 1. The predicted octanol–water partition coefficient (Wildman–Crippen LogP) is 2.77. The number of benzene rings is 1. The fourth-order valence-corrected chi connectivity index (χ4v) is 3.45. The minimum absolute atomic E-state index is 0.114. The maximum atomic E-state index is 14.7. The summed E-state index contributed by atoms with van der Waals surface area (Å²) in [7, 11) is 0. The van der Waals surface area contributed by atoms with Gasteiger partial charge in [-0.05, 0) is 42.8 Å². The number of halogens is 2. The van der Waals surface area contributed by atoms with Gasteiger partial charge in [0.15, 0.2) is 6.17 Å². The van der Waals surface area contributed by atoms with Crippen LogP contribution in [0.1, 0.15) is 28.0 Å². The lowest BCUT2D eigenvalue weighted by Crippen LogP contribution is -2.47. The highest BCUT2D eigenvalue weighted by Gasteiger charge is 2.33. The highest BCUT2D eigenvalue weighted by atomic mass is 19.1. The van der Waals surface area contributed by atoms with Crippen LogP contribution >= 0.6 is 0 Å². The zero-order valence-corrected chi connectivity index (χ0v) is 14.3. The summed E-state index contributed by atoms with van der Waals surface area (Å²) in [5, 5.41) is 2.75. The molecule has 136 valence electrons. The lowest BCUT2D eigenvalue weighted by molar-refractivity contribution is 0.0818. The number of pyridine rings is 1. The van der Waals surface area contributed by atoms with E-state index < -0.39 is 12.3 Å². The van der Waals surface area contributed by atoms with Crippen LogP contribution in [-0.4, -0.2) is 36.3 Å². The first kappa shape index (κ1) is 16.8. The Hall–Kier alpha value is -2.70. The standard InChI is InChI=1S/C19H19F2N3O2/c1-11-8-14-16(9-22-19(14)25)23-18(11)24-7-6-17(15(21)10-24)26-13-4-2-12(20)3-5-13/h2-5,8,15,17H,6-7,9-10H2,1H3,(H,22,25). The van der Waals surface area contributed by atoms with E-state index in [1.165, 1.54) is 24.3 Å². The lowest BCUT2D eigenvalue weighted by atomic mass is 10.0. The molecule has 3 heterocycles. The molecular weight excluding hydrogens is 340 g/mol. The third-order valence-electron chi connectivity index (χ3n) is 4.81. The van der Waals surface area contributed by atoms with Crippen LogP contribution < -0.4 is 15.0 Å². The molecular formula is C19H19F2N3O2. The number of alkyl halides is 1. The molecule has 0 aliphatic carbocycles. The molecule has 2 aromatic rings. The maximum Gasteiger partial charge on any atom is 0.253 e. The molecule has 7 heteroatoms. The van der Waals surface area contributed by atoms with Crippen LogP contribution in [0.3, 0.4) is 0 Å². The monoisotopic (exact) mass is 359 g/mol. The molecule has 2 aliphatic rings. The fourth-order valence-electron chi connectivity index (χ4n) is 3.45. The number of fused-ring (bicyclic) bond motifs is 1. The summed E-state index contributed by atoms with van der Waals surface area (Å²) in [5.74, 6) is 0.707. The number of nitrogens with one attached hydrogen (secondary N) is 1. The molecule has 0 saturated carbocycles. The Balaban J connectivity index is 1.47. The summed E-state index contributed by atoms with van der Waals surface area (Å²) >= 11 is 0. The van der Waals surface area contributed by atoms with Gasteiger partial charge in [0, 0.05) is 13.0 Å². The highest BCUT2D eigenvalue weighted by Crippen LogP contribution is 2.28. The minimum Gasteiger partial charge on any atom is -0.487 e. The van der Waals surface area contributed by atoms with Crippen LogP contribution in [0.4, 0.5) is 14.6 Å². The Morgan fingerprint density at radius 2 is 2.08 bits per heavy atom.